The molecule has 4 rings (SSSR count). The van der Waals surface area contributed by atoms with Gasteiger partial charge in [-0.3, -0.25) is 4.57 Å². The van der Waals surface area contributed by atoms with E-state index in [2.05, 4.69) is 5.32 Å². The van der Waals surface area contributed by atoms with E-state index in [1.807, 2.05) is 13.8 Å². The van der Waals surface area contributed by atoms with Crippen LogP contribution in [0, 0.1) is 11.8 Å². The van der Waals surface area contributed by atoms with Gasteiger partial charge in [0.15, 0.2) is 12.6 Å². The SMILES string of the molecule is CCOP(=O)(COc1ccc(CC(NC(=O)O[C@H]2COC3OCC[C@H]32)[C@H](O)CN(CCC(C)C)S(=O)(=O)c2ccc(OC)cc2)cc1)OCC. The zero-order chi connectivity index (χ0) is 36.3. The third-order valence-electron chi connectivity index (χ3n) is 8.47. The van der Waals surface area contributed by atoms with Crippen LogP contribution in [-0.2, 0) is 44.3 Å². The molecule has 0 bridgehead atoms. The van der Waals surface area contributed by atoms with E-state index < -0.39 is 48.3 Å². The predicted molar refractivity (Wildman–Crippen MR) is 185 cm³/mol. The number of carbonyl (C=O) groups excluding carboxylic acids is 1. The van der Waals surface area contributed by atoms with Gasteiger partial charge in [0.1, 0.15) is 17.6 Å². The number of ether oxygens (including phenoxy) is 5. The number of amides is 1. The number of aliphatic hydroxyl groups is 1. The highest BCUT2D eigenvalue weighted by Gasteiger charge is 2.44. The largest absolute Gasteiger partial charge is 0.497 e. The van der Waals surface area contributed by atoms with Gasteiger partial charge in [0.25, 0.3) is 0 Å². The summed E-state index contributed by atoms with van der Waals surface area (Å²) >= 11 is 0. The first-order valence-electron chi connectivity index (χ1n) is 17.0. The van der Waals surface area contributed by atoms with Crippen molar-refractivity contribution in [3.63, 3.8) is 0 Å². The minimum absolute atomic E-state index is 0.0570. The molecule has 1 amide bonds. The second kappa shape index (κ2) is 18.7. The summed E-state index contributed by atoms with van der Waals surface area (Å²) in [7, 11) is -5.96. The van der Waals surface area contributed by atoms with Gasteiger partial charge in [-0.2, -0.15) is 4.31 Å². The molecule has 2 aromatic carbocycles. The molecule has 0 aliphatic carbocycles. The average Bonchev–Trinajstić information content (AvgIpc) is 3.71. The molecule has 2 unspecified atom stereocenters. The van der Waals surface area contributed by atoms with Crippen LogP contribution >= 0.6 is 7.60 Å². The number of hydrogen-bond acceptors (Lipinski definition) is 12. The predicted octanol–water partition coefficient (Wildman–Crippen LogP) is 4.79. The van der Waals surface area contributed by atoms with Gasteiger partial charge in [0, 0.05) is 13.1 Å². The quantitative estimate of drug-likeness (QED) is 0.178. The topological polar surface area (TPSA) is 168 Å². The minimum atomic E-state index is -4.03. The number of nitrogens with one attached hydrogen (secondary N) is 1. The van der Waals surface area contributed by atoms with E-state index >= 15 is 0 Å². The number of alkyl carbamates (subject to hydrolysis) is 1. The van der Waals surface area contributed by atoms with Gasteiger partial charge in [-0.1, -0.05) is 26.0 Å². The fraction of sp³-hybridized carbons (Fsp3) is 0.618. The van der Waals surface area contributed by atoms with Gasteiger partial charge < -0.3 is 43.2 Å². The zero-order valence-corrected chi connectivity index (χ0v) is 31.1. The van der Waals surface area contributed by atoms with Crippen molar-refractivity contribution in [3.05, 3.63) is 54.1 Å². The molecule has 14 nitrogen and oxygen atoms in total. The Labute approximate surface area is 295 Å². The Morgan fingerprint density at radius 3 is 2.32 bits per heavy atom. The summed E-state index contributed by atoms with van der Waals surface area (Å²) in [6.45, 7) is 8.40. The molecule has 2 saturated heterocycles. The van der Waals surface area contributed by atoms with E-state index in [1.54, 1.807) is 50.2 Å². The van der Waals surface area contributed by atoms with Gasteiger partial charge in [-0.05, 0) is 81.0 Å². The minimum Gasteiger partial charge on any atom is -0.497 e. The van der Waals surface area contributed by atoms with Gasteiger partial charge in [0.2, 0.25) is 10.0 Å². The smallest absolute Gasteiger partial charge is 0.407 e. The van der Waals surface area contributed by atoms with Gasteiger partial charge in [-0.15, -0.1) is 0 Å². The van der Waals surface area contributed by atoms with Crippen LogP contribution < -0.4 is 14.8 Å². The fourth-order valence-electron chi connectivity index (χ4n) is 5.73. The van der Waals surface area contributed by atoms with Crippen molar-refractivity contribution in [1.82, 2.24) is 9.62 Å². The molecule has 0 saturated carbocycles. The number of hydrogen-bond donors (Lipinski definition) is 2. The summed E-state index contributed by atoms with van der Waals surface area (Å²) in [5.74, 6) is 1.03. The van der Waals surface area contributed by atoms with Gasteiger partial charge in [-0.25, -0.2) is 13.2 Å². The molecule has 0 spiro atoms. The molecule has 2 aromatic rings. The summed E-state index contributed by atoms with van der Waals surface area (Å²) in [5.41, 5.74) is 0.708. The van der Waals surface area contributed by atoms with Crippen LogP contribution in [0.1, 0.15) is 46.1 Å². The average molecular weight is 743 g/mol. The normalized spacial score (nSPS) is 20.4. The van der Waals surface area contributed by atoms with Crippen molar-refractivity contribution in [2.24, 2.45) is 11.8 Å². The van der Waals surface area contributed by atoms with Crippen LogP contribution in [0.3, 0.4) is 0 Å². The summed E-state index contributed by atoms with van der Waals surface area (Å²) < 4.78 is 80.1. The van der Waals surface area contributed by atoms with Crippen molar-refractivity contribution in [1.29, 1.82) is 0 Å². The second-order valence-corrected chi connectivity index (χ2v) is 16.5. The summed E-state index contributed by atoms with van der Waals surface area (Å²) in [5, 5.41) is 14.5. The molecule has 2 N–H and O–H groups in total. The number of rotatable bonds is 20. The molecule has 16 heteroatoms. The maximum Gasteiger partial charge on any atom is 0.407 e. The van der Waals surface area contributed by atoms with Crippen LogP contribution in [0.5, 0.6) is 11.5 Å². The number of methoxy groups -OCH3 is 1. The van der Waals surface area contributed by atoms with Crippen molar-refractivity contribution in [2.45, 2.75) is 76.4 Å². The first kappa shape index (κ1) is 40.0. The van der Waals surface area contributed by atoms with E-state index in [-0.39, 0.29) is 62.4 Å². The maximum absolute atomic E-state index is 13.9. The molecular formula is C34H51N2O12PS. The lowest BCUT2D eigenvalue weighted by molar-refractivity contribution is -0.0907. The first-order chi connectivity index (χ1) is 23.9. The monoisotopic (exact) mass is 742 g/mol. The van der Waals surface area contributed by atoms with Crippen LogP contribution in [0.4, 0.5) is 4.79 Å². The Morgan fingerprint density at radius 2 is 1.70 bits per heavy atom. The first-order valence-corrected chi connectivity index (χ1v) is 20.2. The third-order valence-corrected chi connectivity index (χ3v) is 12.1. The summed E-state index contributed by atoms with van der Waals surface area (Å²) in [6, 6.07) is 11.9. The molecule has 50 heavy (non-hydrogen) atoms. The van der Waals surface area contributed by atoms with Gasteiger partial charge >= 0.3 is 13.7 Å². The number of sulfonamides is 1. The maximum atomic E-state index is 13.9. The molecule has 2 heterocycles. The highest BCUT2D eigenvalue weighted by atomic mass is 32.2. The zero-order valence-electron chi connectivity index (χ0n) is 29.4. The lowest BCUT2D eigenvalue weighted by Gasteiger charge is -2.30. The Hall–Kier alpha value is -2.75. The number of fused-ring (bicyclic) bond motifs is 1. The van der Waals surface area contributed by atoms with Crippen LogP contribution in [0.2, 0.25) is 0 Å². The lowest BCUT2D eigenvalue weighted by Crippen LogP contribution is -2.51. The summed E-state index contributed by atoms with van der Waals surface area (Å²) in [4.78, 5) is 13.3. The molecule has 2 aliphatic heterocycles. The molecule has 2 aliphatic rings. The van der Waals surface area contributed by atoms with Crippen LogP contribution in [0.15, 0.2) is 53.4 Å². The Morgan fingerprint density at radius 1 is 1.04 bits per heavy atom. The Kier molecular flexibility index (Phi) is 14.9. The highest BCUT2D eigenvalue weighted by molar-refractivity contribution is 7.89. The molecule has 5 atom stereocenters. The lowest BCUT2D eigenvalue weighted by atomic mass is 10.0. The van der Waals surface area contributed by atoms with Crippen molar-refractivity contribution in [3.8, 4) is 11.5 Å². The molecular weight excluding hydrogens is 691 g/mol. The van der Waals surface area contributed by atoms with Gasteiger partial charge in [0.05, 0.1) is 56.5 Å². The fourth-order valence-corrected chi connectivity index (χ4v) is 8.52. The van der Waals surface area contributed by atoms with Crippen molar-refractivity contribution >= 4 is 23.7 Å². The standard InChI is InChI=1S/C34H51N2O12PS/c1-6-46-49(39,47-7-2)23-45-27-10-8-25(9-11-27)20-30(35-34(38)48-32-22-44-33-29(32)17-19-43-33)31(37)21-36(18-16-24(3)4)50(40,41)28-14-12-26(42-5)13-15-28/h8-15,24,29-33,37H,6-7,16-23H2,1-5H3,(H,35,38)/t29-,30?,31+,32-,33?/m0/s1. The van der Waals surface area contributed by atoms with Crippen LogP contribution in [0.25, 0.3) is 0 Å². The van der Waals surface area contributed by atoms with E-state index in [0.29, 0.717) is 36.5 Å². The molecule has 0 radical (unpaired) electrons. The Bertz CT molecular complexity index is 1500. The van der Waals surface area contributed by atoms with Crippen molar-refractivity contribution in [2.75, 3.05) is 53.0 Å². The highest BCUT2D eigenvalue weighted by Crippen LogP contribution is 2.47. The number of nitrogens with zero attached hydrogens (tertiary/aromatic N) is 1. The Balaban J connectivity index is 1.52. The molecule has 0 aromatic heterocycles. The van der Waals surface area contributed by atoms with E-state index in [0.717, 1.165) is 0 Å². The number of benzene rings is 2. The summed E-state index contributed by atoms with van der Waals surface area (Å²) in [6.07, 6.45) is -1.91. The molecule has 280 valence electrons. The van der Waals surface area contributed by atoms with E-state index in [4.69, 9.17) is 32.7 Å². The third kappa shape index (κ3) is 11.1. The van der Waals surface area contributed by atoms with Crippen molar-refractivity contribution < 1.29 is 55.6 Å². The second-order valence-electron chi connectivity index (χ2n) is 12.6. The van der Waals surface area contributed by atoms with E-state index in [1.165, 1.54) is 23.5 Å². The van der Waals surface area contributed by atoms with Crippen LogP contribution in [-0.4, -0.2) is 101 Å². The number of aliphatic hydroxyl groups excluding tert-OH is 1. The number of carbonyl (C=O) groups is 1. The molecule has 2 fully saturated rings. The van der Waals surface area contributed by atoms with E-state index in [9.17, 15) is 22.9 Å².